The number of carbonyl (C=O) groups is 2. The van der Waals surface area contributed by atoms with E-state index in [0.29, 0.717) is 35.5 Å². The third-order valence-corrected chi connectivity index (χ3v) is 7.41. The van der Waals surface area contributed by atoms with Crippen LogP contribution in [0.4, 0.5) is 0 Å². The van der Waals surface area contributed by atoms with Crippen molar-refractivity contribution in [2.24, 2.45) is 5.16 Å². The van der Waals surface area contributed by atoms with E-state index in [9.17, 15) is 9.59 Å². The number of rotatable bonds is 10. The van der Waals surface area contributed by atoms with E-state index >= 15 is 0 Å². The Labute approximate surface area is 216 Å². The number of hydrogen-bond acceptors (Lipinski definition) is 7. The molecule has 1 saturated heterocycles. The zero-order chi connectivity index (χ0) is 25.4. The maximum absolute atomic E-state index is 12.8. The van der Waals surface area contributed by atoms with Gasteiger partial charge in [0.05, 0.1) is 11.3 Å². The van der Waals surface area contributed by atoms with Crippen molar-refractivity contribution in [3.05, 3.63) is 50.4 Å². The van der Waals surface area contributed by atoms with Gasteiger partial charge < -0.3 is 20.0 Å². The molecule has 0 unspecified atom stereocenters. The second-order valence-electron chi connectivity index (χ2n) is 8.90. The Balaban J connectivity index is 1.50. The molecule has 0 radical (unpaired) electrons. The van der Waals surface area contributed by atoms with Gasteiger partial charge in [0.15, 0.2) is 0 Å². The molecule has 190 valence electrons. The van der Waals surface area contributed by atoms with Gasteiger partial charge >= 0.3 is 0 Å². The lowest BCUT2D eigenvalue weighted by Crippen LogP contribution is -2.49. The van der Waals surface area contributed by atoms with Crippen LogP contribution in [-0.2, 0) is 16.2 Å². The van der Waals surface area contributed by atoms with Crippen molar-refractivity contribution in [1.82, 2.24) is 20.1 Å². The molecule has 0 spiro atoms. The first-order chi connectivity index (χ1) is 16.8. The summed E-state index contributed by atoms with van der Waals surface area (Å²) < 4.78 is 0. The van der Waals surface area contributed by atoms with Crippen LogP contribution in [0.3, 0.4) is 0 Å². The molecule has 2 aromatic heterocycles. The summed E-state index contributed by atoms with van der Waals surface area (Å²) in [6, 6.07) is 4.23. The normalized spacial score (nSPS) is 15.8. The highest BCUT2D eigenvalue weighted by Crippen LogP contribution is 2.22. The van der Waals surface area contributed by atoms with Crippen molar-refractivity contribution in [2.45, 2.75) is 58.7 Å². The summed E-state index contributed by atoms with van der Waals surface area (Å²) in [5, 5.41) is 11.2. The highest BCUT2D eigenvalue weighted by atomic mass is 35.5. The largest absolute Gasteiger partial charge is 0.399 e. The fourth-order valence-electron chi connectivity index (χ4n) is 4.57. The molecule has 2 aromatic rings. The zero-order valence-electron chi connectivity index (χ0n) is 20.8. The molecule has 1 aliphatic heterocycles. The average molecular weight is 520 g/mol. The molecule has 3 heterocycles. The fraction of sp³-hybridized carbons (Fsp3) is 0.520. The Bertz CT molecular complexity index is 999. The number of aromatic nitrogens is 1. The topological polar surface area (TPSA) is 87.1 Å². The third kappa shape index (κ3) is 7.49. The van der Waals surface area contributed by atoms with Gasteiger partial charge in [0.25, 0.3) is 11.8 Å². The van der Waals surface area contributed by atoms with Crippen LogP contribution in [0.25, 0.3) is 0 Å². The minimum absolute atomic E-state index is 0.115. The minimum Gasteiger partial charge on any atom is -0.399 e. The van der Waals surface area contributed by atoms with Gasteiger partial charge in [-0.3, -0.25) is 9.59 Å². The molecular weight excluding hydrogens is 486 g/mol. The predicted octanol–water partition coefficient (Wildman–Crippen LogP) is 4.05. The summed E-state index contributed by atoms with van der Waals surface area (Å²) in [4.78, 5) is 38.7. The molecule has 2 amide bonds. The Morgan fingerprint density at radius 3 is 2.77 bits per heavy atom. The standard InChI is InChI=1S/C25H34ClN5O3S/c1-17-13-22(26)29-19(3)24(17)25(33)27-9-5-18(2)30-10-6-21(7-11-30)31(23(32)14-28-34-4)15-20-8-12-35-16-20/h8,12-14,16,18,21H,5-7,9-11,15H2,1-4H3,(H,27,33)/t18-/m1/s1. The molecule has 0 saturated carbocycles. The maximum Gasteiger partial charge on any atom is 0.268 e. The van der Waals surface area contributed by atoms with Crippen LogP contribution in [0.1, 0.15) is 53.4 Å². The highest BCUT2D eigenvalue weighted by molar-refractivity contribution is 7.07. The minimum atomic E-state index is -0.130. The van der Waals surface area contributed by atoms with Crippen molar-refractivity contribution >= 4 is 41.0 Å². The summed E-state index contributed by atoms with van der Waals surface area (Å²) in [7, 11) is 1.43. The zero-order valence-corrected chi connectivity index (χ0v) is 22.4. The smallest absolute Gasteiger partial charge is 0.268 e. The van der Waals surface area contributed by atoms with E-state index in [1.807, 2.05) is 23.3 Å². The van der Waals surface area contributed by atoms with E-state index in [4.69, 9.17) is 16.4 Å². The van der Waals surface area contributed by atoms with E-state index in [0.717, 1.165) is 43.5 Å². The van der Waals surface area contributed by atoms with Crippen LogP contribution in [0, 0.1) is 13.8 Å². The summed E-state index contributed by atoms with van der Waals surface area (Å²) in [6.45, 7) is 8.80. The van der Waals surface area contributed by atoms with Crippen molar-refractivity contribution in [3.63, 3.8) is 0 Å². The van der Waals surface area contributed by atoms with Gasteiger partial charge in [0.1, 0.15) is 18.5 Å². The lowest BCUT2D eigenvalue weighted by atomic mass is 10.00. The molecule has 3 rings (SSSR count). The summed E-state index contributed by atoms with van der Waals surface area (Å²) in [5.41, 5.74) is 3.18. The van der Waals surface area contributed by atoms with Crippen molar-refractivity contribution in [2.75, 3.05) is 26.7 Å². The number of amides is 2. The number of hydrogen-bond donors (Lipinski definition) is 1. The third-order valence-electron chi connectivity index (χ3n) is 6.49. The Morgan fingerprint density at radius 1 is 1.40 bits per heavy atom. The number of likely N-dealkylation sites (tertiary alicyclic amines) is 1. The molecule has 1 fully saturated rings. The van der Waals surface area contributed by atoms with Crippen molar-refractivity contribution < 1.29 is 14.4 Å². The van der Waals surface area contributed by atoms with E-state index in [-0.39, 0.29) is 17.9 Å². The van der Waals surface area contributed by atoms with Crippen LogP contribution < -0.4 is 5.32 Å². The SMILES string of the molecule is CON=CC(=O)N(Cc1ccsc1)C1CCN([C@H](C)CCNC(=O)c2c(C)cc(Cl)nc2C)CC1. The molecule has 35 heavy (non-hydrogen) atoms. The number of nitrogens with zero attached hydrogens (tertiary/aromatic N) is 4. The molecule has 10 heteroatoms. The first-order valence-electron chi connectivity index (χ1n) is 11.8. The molecule has 0 aliphatic carbocycles. The van der Waals surface area contributed by atoms with Crippen LogP contribution in [0.2, 0.25) is 5.15 Å². The van der Waals surface area contributed by atoms with Gasteiger partial charge in [-0.2, -0.15) is 11.3 Å². The van der Waals surface area contributed by atoms with E-state index in [1.54, 1.807) is 24.3 Å². The Kier molecular flexibility index (Phi) is 10.1. The van der Waals surface area contributed by atoms with Crippen LogP contribution in [0.15, 0.2) is 28.0 Å². The lowest BCUT2D eigenvalue weighted by Gasteiger charge is -2.40. The molecule has 1 N–H and O–H groups in total. The molecule has 1 atom stereocenters. The number of oxime groups is 1. The van der Waals surface area contributed by atoms with Gasteiger partial charge in [-0.05, 0) is 74.1 Å². The van der Waals surface area contributed by atoms with E-state index in [2.05, 4.69) is 32.7 Å². The summed E-state index contributed by atoms with van der Waals surface area (Å²) in [6.07, 6.45) is 3.88. The number of piperidine rings is 1. The van der Waals surface area contributed by atoms with Crippen molar-refractivity contribution in [3.8, 4) is 0 Å². The molecule has 1 aliphatic rings. The molecule has 0 aromatic carbocycles. The van der Waals surface area contributed by atoms with Crippen LogP contribution in [0.5, 0.6) is 0 Å². The predicted molar refractivity (Wildman–Crippen MR) is 140 cm³/mol. The van der Waals surface area contributed by atoms with Gasteiger partial charge in [0, 0.05) is 38.3 Å². The molecule has 8 nitrogen and oxygen atoms in total. The Hall–Kier alpha value is -2.49. The van der Waals surface area contributed by atoms with Gasteiger partial charge in [-0.1, -0.05) is 16.8 Å². The number of nitrogens with one attached hydrogen (secondary N) is 1. The fourth-order valence-corrected chi connectivity index (χ4v) is 5.52. The number of carbonyl (C=O) groups excluding carboxylic acids is 2. The first kappa shape index (κ1) is 27.1. The quantitative estimate of drug-likeness (QED) is 0.291. The Morgan fingerprint density at radius 2 is 2.14 bits per heavy atom. The van der Waals surface area contributed by atoms with Crippen LogP contribution >= 0.6 is 22.9 Å². The van der Waals surface area contributed by atoms with Gasteiger partial charge in [-0.15, -0.1) is 0 Å². The van der Waals surface area contributed by atoms with Gasteiger partial charge in [-0.25, -0.2) is 4.98 Å². The van der Waals surface area contributed by atoms with Gasteiger partial charge in [0.2, 0.25) is 0 Å². The number of thiophene rings is 1. The second kappa shape index (κ2) is 13.0. The highest BCUT2D eigenvalue weighted by Gasteiger charge is 2.29. The van der Waals surface area contributed by atoms with Crippen molar-refractivity contribution in [1.29, 1.82) is 0 Å². The second-order valence-corrected chi connectivity index (χ2v) is 10.1. The number of pyridine rings is 1. The maximum atomic E-state index is 12.8. The van der Waals surface area contributed by atoms with E-state index < -0.39 is 0 Å². The number of halogens is 1. The monoisotopic (exact) mass is 519 g/mol. The summed E-state index contributed by atoms with van der Waals surface area (Å²) >= 11 is 7.61. The van der Waals surface area contributed by atoms with E-state index in [1.165, 1.54) is 13.3 Å². The summed E-state index contributed by atoms with van der Waals surface area (Å²) in [5.74, 6) is -0.245. The van der Waals surface area contributed by atoms with Crippen LogP contribution in [-0.4, -0.2) is 71.6 Å². The lowest BCUT2D eigenvalue weighted by molar-refractivity contribution is -0.127. The number of aryl methyl sites for hydroxylation is 2. The first-order valence-corrected chi connectivity index (χ1v) is 13.2. The molecular formula is C25H34ClN5O3S. The molecule has 0 bridgehead atoms. The average Bonchev–Trinajstić information content (AvgIpc) is 3.34.